The summed E-state index contributed by atoms with van der Waals surface area (Å²) in [6, 6.07) is 3.05. The molecular formula is C14H17Cl2NO4. The zero-order valence-corrected chi connectivity index (χ0v) is 13.5. The van der Waals surface area contributed by atoms with Crippen LogP contribution in [0.2, 0.25) is 10.3 Å². The quantitative estimate of drug-likeness (QED) is 0.660. The van der Waals surface area contributed by atoms with E-state index in [9.17, 15) is 14.7 Å². The highest BCUT2D eigenvalue weighted by Crippen LogP contribution is 2.20. The molecule has 0 spiro atoms. The second-order valence-electron chi connectivity index (χ2n) is 5.65. The van der Waals surface area contributed by atoms with Crippen molar-refractivity contribution in [2.45, 2.75) is 39.2 Å². The van der Waals surface area contributed by atoms with Crippen LogP contribution in [0.4, 0.5) is 0 Å². The summed E-state index contributed by atoms with van der Waals surface area (Å²) in [7, 11) is 0. The van der Waals surface area contributed by atoms with E-state index in [0.29, 0.717) is 5.56 Å². The Labute approximate surface area is 133 Å². The lowest BCUT2D eigenvalue weighted by molar-refractivity contribution is -0.159. The van der Waals surface area contributed by atoms with E-state index in [4.69, 9.17) is 27.9 Å². The molecule has 0 aliphatic rings. The molecule has 0 fully saturated rings. The number of ether oxygens (including phenoxy) is 1. The number of pyridine rings is 1. The fourth-order valence-corrected chi connectivity index (χ4v) is 2.25. The molecule has 0 saturated heterocycles. The highest BCUT2D eigenvalue weighted by Gasteiger charge is 2.25. The molecule has 0 amide bonds. The third-order valence-corrected chi connectivity index (χ3v) is 2.87. The van der Waals surface area contributed by atoms with Gasteiger partial charge in [-0.25, -0.2) is 4.98 Å². The average molecular weight is 334 g/mol. The summed E-state index contributed by atoms with van der Waals surface area (Å²) < 4.78 is 5.14. The summed E-state index contributed by atoms with van der Waals surface area (Å²) in [5.74, 6) is -2.54. The molecule has 1 rings (SSSR count). The van der Waals surface area contributed by atoms with Gasteiger partial charge in [0.2, 0.25) is 0 Å². The van der Waals surface area contributed by atoms with E-state index in [1.54, 1.807) is 20.8 Å². The van der Waals surface area contributed by atoms with Gasteiger partial charge in [0.1, 0.15) is 15.9 Å². The monoisotopic (exact) mass is 333 g/mol. The Morgan fingerprint density at radius 2 is 1.81 bits per heavy atom. The maximum atomic E-state index is 11.7. The van der Waals surface area contributed by atoms with Crippen LogP contribution in [0, 0.1) is 5.92 Å². The van der Waals surface area contributed by atoms with Crippen molar-refractivity contribution >= 4 is 35.1 Å². The van der Waals surface area contributed by atoms with E-state index in [2.05, 4.69) is 4.98 Å². The van der Waals surface area contributed by atoms with Crippen LogP contribution in [0.25, 0.3) is 0 Å². The van der Waals surface area contributed by atoms with E-state index in [1.807, 2.05) is 0 Å². The number of aliphatic carboxylic acids is 1. The molecule has 0 aromatic carbocycles. The number of carboxylic acids is 1. The Morgan fingerprint density at radius 3 is 2.24 bits per heavy atom. The summed E-state index contributed by atoms with van der Waals surface area (Å²) in [5.41, 5.74) is -0.0420. The second-order valence-corrected chi connectivity index (χ2v) is 6.43. The van der Waals surface area contributed by atoms with Gasteiger partial charge in [0.25, 0.3) is 0 Å². The smallest absolute Gasteiger partial charge is 0.307 e. The average Bonchev–Trinajstić information content (AvgIpc) is 2.23. The fourth-order valence-electron chi connectivity index (χ4n) is 1.75. The highest BCUT2D eigenvalue weighted by molar-refractivity contribution is 6.32. The Hall–Kier alpha value is -1.33. The van der Waals surface area contributed by atoms with Crippen LogP contribution >= 0.6 is 23.2 Å². The van der Waals surface area contributed by atoms with Gasteiger partial charge in [-0.2, -0.15) is 0 Å². The Kier molecular flexibility index (Phi) is 5.98. The van der Waals surface area contributed by atoms with E-state index in [0.717, 1.165) is 0 Å². The van der Waals surface area contributed by atoms with E-state index in [1.165, 1.54) is 12.1 Å². The molecule has 0 bridgehead atoms. The first kappa shape index (κ1) is 17.7. The van der Waals surface area contributed by atoms with E-state index < -0.39 is 23.5 Å². The van der Waals surface area contributed by atoms with Crippen molar-refractivity contribution in [2.24, 2.45) is 5.92 Å². The van der Waals surface area contributed by atoms with Gasteiger partial charge in [-0.3, -0.25) is 9.59 Å². The van der Waals surface area contributed by atoms with Gasteiger partial charge in [0.15, 0.2) is 0 Å². The van der Waals surface area contributed by atoms with Gasteiger partial charge in [-0.1, -0.05) is 23.2 Å². The number of esters is 1. The van der Waals surface area contributed by atoms with Crippen molar-refractivity contribution < 1.29 is 19.4 Å². The van der Waals surface area contributed by atoms with Crippen LogP contribution in [0.15, 0.2) is 12.1 Å². The first-order valence-electron chi connectivity index (χ1n) is 6.33. The molecule has 0 saturated carbocycles. The molecule has 1 atom stereocenters. The third kappa shape index (κ3) is 6.78. The summed E-state index contributed by atoms with van der Waals surface area (Å²) in [5, 5.41) is 9.59. The number of halogens is 2. The Bertz CT molecular complexity index is 520. The second kappa shape index (κ2) is 7.09. The Balaban J connectivity index is 2.78. The number of hydrogen-bond acceptors (Lipinski definition) is 4. The lowest BCUT2D eigenvalue weighted by Gasteiger charge is -2.21. The molecule has 0 aliphatic heterocycles. The minimum absolute atomic E-state index is 0.122. The number of carbonyl (C=O) groups is 2. The number of nitrogens with zero attached hydrogens (tertiary/aromatic N) is 1. The SMILES string of the molecule is CC(C)(C)OC(=O)CC(Cc1cc(Cl)nc(Cl)c1)C(=O)O. The first-order chi connectivity index (χ1) is 9.56. The molecule has 7 heteroatoms. The molecule has 1 aromatic heterocycles. The molecule has 1 heterocycles. The predicted octanol–water partition coefficient (Wildman–Crippen LogP) is 3.36. The molecule has 0 radical (unpaired) electrons. The van der Waals surface area contributed by atoms with E-state index in [-0.39, 0.29) is 23.1 Å². The molecular weight excluding hydrogens is 317 g/mol. The zero-order chi connectivity index (χ0) is 16.2. The molecule has 116 valence electrons. The number of carboxylic acid groups (broad SMARTS) is 1. The van der Waals surface area contributed by atoms with Gasteiger partial charge in [0.05, 0.1) is 12.3 Å². The summed E-state index contributed by atoms with van der Waals surface area (Å²) in [6.07, 6.45) is -0.0965. The number of carbonyl (C=O) groups excluding carboxylic acids is 1. The molecule has 5 nitrogen and oxygen atoms in total. The van der Waals surface area contributed by atoms with Crippen LogP contribution in [-0.2, 0) is 20.7 Å². The molecule has 0 aliphatic carbocycles. The molecule has 1 aromatic rings. The van der Waals surface area contributed by atoms with Crippen molar-refractivity contribution in [1.29, 1.82) is 0 Å². The van der Waals surface area contributed by atoms with Crippen molar-refractivity contribution in [1.82, 2.24) is 4.98 Å². The normalized spacial score (nSPS) is 12.8. The van der Waals surface area contributed by atoms with Gasteiger partial charge in [0, 0.05) is 0 Å². The molecule has 21 heavy (non-hydrogen) atoms. The van der Waals surface area contributed by atoms with Crippen LogP contribution in [0.3, 0.4) is 0 Å². The maximum absolute atomic E-state index is 11.7. The lowest BCUT2D eigenvalue weighted by atomic mass is 9.97. The topological polar surface area (TPSA) is 76.5 Å². The largest absolute Gasteiger partial charge is 0.481 e. The van der Waals surface area contributed by atoms with Crippen LogP contribution in [0.5, 0.6) is 0 Å². The predicted molar refractivity (Wildman–Crippen MR) is 79.5 cm³/mol. The molecule has 1 unspecified atom stereocenters. The third-order valence-electron chi connectivity index (χ3n) is 2.49. The first-order valence-corrected chi connectivity index (χ1v) is 7.09. The maximum Gasteiger partial charge on any atom is 0.307 e. The van der Waals surface area contributed by atoms with Crippen LogP contribution in [-0.4, -0.2) is 27.6 Å². The van der Waals surface area contributed by atoms with Gasteiger partial charge in [-0.05, 0) is 44.9 Å². The van der Waals surface area contributed by atoms with Crippen molar-refractivity contribution in [3.8, 4) is 0 Å². The summed E-state index contributed by atoms with van der Waals surface area (Å²) in [6.45, 7) is 5.18. The van der Waals surface area contributed by atoms with E-state index >= 15 is 0 Å². The van der Waals surface area contributed by atoms with Crippen molar-refractivity contribution in [3.05, 3.63) is 28.0 Å². The minimum atomic E-state index is -1.08. The van der Waals surface area contributed by atoms with Crippen LogP contribution in [0.1, 0.15) is 32.8 Å². The summed E-state index contributed by atoms with van der Waals surface area (Å²) >= 11 is 11.5. The van der Waals surface area contributed by atoms with Gasteiger partial charge < -0.3 is 9.84 Å². The van der Waals surface area contributed by atoms with Gasteiger partial charge in [-0.15, -0.1) is 0 Å². The fraction of sp³-hybridized carbons (Fsp3) is 0.500. The molecule has 1 N–H and O–H groups in total. The van der Waals surface area contributed by atoms with Crippen molar-refractivity contribution in [3.63, 3.8) is 0 Å². The standard InChI is InChI=1S/C14H17Cl2NO4/c1-14(2,3)21-12(18)7-9(13(19)20)4-8-5-10(15)17-11(16)6-8/h5-6,9H,4,7H2,1-3H3,(H,19,20). The number of hydrogen-bond donors (Lipinski definition) is 1. The minimum Gasteiger partial charge on any atom is -0.481 e. The van der Waals surface area contributed by atoms with Crippen molar-refractivity contribution in [2.75, 3.05) is 0 Å². The number of rotatable bonds is 5. The Morgan fingerprint density at radius 1 is 1.29 bits per heavy atom. The van der Waals surface area contributed by atoms with Gasteiger partial charge >= 0.3 is 11.9 Å². The number of aromatic nitrogens is 1. The lowest BCUT2D eigenvalue weighted by Crippen LogP contribution is -2.28. The summed E-state index contributed by atoms with van der Waals surface area (Å²) in [4.78, 5) is 26.8. The van der Waals surface area contributed by atoms with Crippen LogP contribution < -0.4 is 0 Å². The highest BCUT2D eigenvalue weighted by atomic mass is 35.5. The zero-order valence-electron chi connectivity index (χ0n) is 12.0.